The van der Waals surface area contributed by atoms with Crippen LogP contribution in [-0.2, 0) is 0 Å². The first kappa shape index (κ1) is 17.1. The quantitative estimate of drug-likeness (QED) is 0.617. The largest absolute Gasteiger partial charge is 0.275 e. The fourth-order valence-corrected chi connectivity index (χ4v) is 7.52. The zero-order chi connectivity index (χ0) is 18.7. The Labute approximate surface area is 168 Å². The molecule has 6 rings (SSSR count). The van der Waals surface area contributed by atoms with Crippen LogP contribution >= 0.6 is 0 Å². The molecule has 0 unspecified atom stereocenters. The minimum atomic E-state index is 0.287. The lowest BCUT2D eigenvalue weighted by Gasteiger charge is -2.46. The van der Waals surface area contributed by atoms with Gasteiger partial charge in [0.2, 0.25) is 0 Å². The van der Waals surface area contributed by atoms with Crippen LogP contribution in [0.4, 0.5) is 0 Å². The fraction of sp³-hybridized carbons (Fsp3) is 0.667. The predicted octanol–water partition coefficient (Wildman–Crippen LogP) is 5.25. The van der Waals surface area contributed by atoms with E-state index in [9.17, 15) is 0 Å². The van der Waals surface area contributed by atoms with Gasteiger partial charge in [-0.15, -0.1) is 0 Å². The summed E-state index contributed by atoms with van der Waals surface area (Å²) in [6, 6.07) is 0. The standard InChI is InChI=1S/C24H32N4/c1-2-10-22-12-4-3-11-21(22,9-1)17-27(18-22)25-26-28-19-23-13-5-6-14-24(23,20-28)16-8-7-15-23/h1-2,5-6,9-10,13-14H,3-4,7-8,11-12,15-20H2/t21-,22-,23-,24-/m1/s1. The molecular weight excluding hydrogens is 344 g/mol. The van der Waals surface area contributed by atoms with Crippen LogP contribution in [0.1, 0.15) is 51.4 Å². The highest BCUT2D eigenvalue weighted by Gasteiger charge is 2.58. The molecule has 4 heteroatoms. The molecule has 4 aliphatic carbocycles. The number of hydrogen-bond acceptors (Lipinski definition) is 2. The Bertz CT molecular complexity index is 683. The van der Waals surface area contributed by atoms with Crippen LogP contribution in [0.25, 0.3) is 0 Å². The summed E-state index contributed by atoms with van der Waals surface area (Å²) in [5.41, 5.74) is 1.15. The van der Waals surface area contributed by atoms with E-state index in [4.69, 9.17) is 10.4 Å². The smallest absolute Gasteiger partial charge is 0.0478 e. The third-order valence-corrected chi connectivity index (χ3v) is 9.01. The van der Waals surface area contributed by atoms with Crippen LogP contribution in [0, 0.1) is 21.7 Å². The lowest BCUT2D eigenvalue weighted by Crippen LogP contribution is -2.42. The van der Waals surface area contributed by atoms with Crippen molar-refractivity contribution in [2.45, 2.75) is 51.4 Å². The normalized spacial score (nSPS) is 46.0. The van der Waals surface area contributed by atoms with Crippen molar-refractivity contribution in [2.24, 2.45) is 32.1 Å². The van der Waals surface area contributed by atoms with Gasteiger partial charge in [-0.1, -0.05) is 84.7 Å². The van der Waals surface area contributed by atoms with Gasteiger partial charge in [0.1, 0.15) is 0 Å². The zero-order valence-electron chi connectivity index (χ0n) is 16.9. The van der Waals surface area contributed by atoms with Gasteiger partial charge < -0.3 is 0 Å². The maximum Gasteiger partial charge on any atom is 0.0478 e. The molecule has 148 valence electrons. The minimum absolute atomic E-state index is 0.287. The van der Waals surface area contributed by atoms with Crippen LogP contribution < -0.4 is 0 Å². The van der Waals surface area contributed by atoms with Crippen LogP contribution in [0.2, 0.25) is 0 Å². The second kappa shape index (κ2) is 5.84. The van der Waals surface area contributed by atoms with E-state index in [-0.39, 0.29) is 21.7 Å². The molecule has 28 heavy (non-hydrogen) atoms. The molecule has 0 radical (unpaired) electrons. The third kappa shape index (κ3) is 2.18. The molecule has 0 N–H and O–H groups in total. The second-order valence-electron chi connectivity index (χ2n) is 10.3. The van der Waals surface area contributed by atoms with E-state index in [2.05, 4.69) is 58.6 Å². The van der Waals surface area contributed by atoms with Crippen LogP contribution in [0.5, 0.6) is 0 Å². The molecule has 2 saturated heterocycles. The Morgan fingerprint density at radius 3 is 1.04 bits per heavy atom. The van der Waals surface area contributed by atoms with Gasteiger partial charge in [-0.05, 0) is 25.7 Å². The molecule has 2 aliphatic heterocycles. The Kier molecular flexibility index (Phi) is 3.56. The summed E-state index contributed by atoms with van der Waals surface area (Å²) >= 11 is 0. The third-order valence-electron chi connectivity index (χ3n) is 9.01. The zero-order valence-corrected chi connectivity index (χ0v) is 16.9. The summed E-state index contributed by atoms with van der Waals surface area (Å²) in [6.45, 7) is 4.12. The predicted molar refractivity (Wildman–Crippen MR) is 111 cm³/mol. The Morgan fingerprint density at radius 2 is 0.750 bits per heavy atom. The average molecular weight is 377 g/mol. The maximum atomic E-state index is 4.82. The SMILES string of the molecule is C1=C[C@]23CCCC[C@]2(C=C1)CN(N=NN1C[C@]24C=CC=C[C@@]2(CCCC4)C1)C3. The molecule has 2 saturated carbocycles. The Balaban J connectivity index is 1.23. The highest BCUT2D eigenvalue weighted by molar-refractivity contribution is 5.31. The molecule has 0 amide bonds. The van der Waals surface area contributed by atoms with E-state index < -0.39 is 0 Å². The fourth-order valence-electron chi connectivity index (χ4n) is 7.52. The highest BCUT2D eigenvalue weighted by atomic mass is 15.7. The van der Waals surface area contributed by atoms with Crippen LogP contribution in [0.15, 0.2) is 59.1 Å². The van der Waals surface area contributed by atoms with E-state index in [1.807, 2.05) is 0 Å². The van der Waals surface area contributed by atoms with Crippen molar-refractivity contribution in [3.63, 3.8) is 0 Å². The molecule has 0 aromatic carbocycles. The first-order valence-electron chi connectivity index (χ1n) is 11.3. The van der Waals surface area contributed by atoms with E-state index in [0.717, 1.165) is 26.2 Å². The monoisotopic (exact) mass is 376 g/mol. The lowest BCUT2D eigenvalue weighted by molar-refractivity contribution is 0.131. The highest BCUT2D eigenvalue weighted by Crippen LogP contribution is 2.60. The molecule has 4 nitrogen and oxygen atoms in total. The van der Waals surface area contributed by atoms with Crippen molar-refractivity contribution in [3.8, 4) is 0 Å². The summed E-state index contributed by atoms with van der Waals surface area (Å²) < 4.78 is 0. The Hall–Kier alpha value is -1.84. The van der Waals surface area contributed by atoms with Crippen molar-refractivity contribution < 1.29 is 0 Å². The number of rotatable bonds is 2. The molecule has 4 atom stereocenters. The Morgan fingerprint density at radius 1 is 0.464 bits per heavy atom. The first-order valence-corrected chi connectivity index (χ1v) is 11.3. The van der Waals surface area contributed by atoms with E-state index in [1.54, 1.807) is 0 Å². The lowest BCUT2D eigenvalue weighted by atomic mass is 9.56. The van der Waals surface area contributed by atoms with Crippen LogP contribution in [-0.4, -0.2) is 36.2 Å². The average Bonchev–Trinajstić information content (AvgIpc) is 3.25. The molecule has 2 heterocycles. The number of hydrogen-bond donors (Lipinski definition) is 0. The summed E-state index contributed by atoms with van der Waals surface area (Å²) in [6.07, 6.45) is 29.5. The van der Waals surface area contributed by atoms with Crippen molar-refractivity contribution in [1.29, 1.82) is 0 Å². The van der Waals surface area contributed by atoms with E-state index in [0.29, 0.717) is 0 Å². The number of nitrogens with zero attached hydrogens (tertiary/aromatic N) is 4. The van der Waals surface area contributed by atoms with Crippen molar-refractivity contribution in [2.75, 3.05) is 26.2 Å². The topological polar surface area (TPSA) is 31.2 Å². The van der Waals surface area contributed by atoms with Crippen molar-refractivity contribution in [3.05, 3.63) is 48.6 Å². The molecule has 0 spiro atoms. The molecule has 0 aromatic rings. The summed E-state index contributed by atoms with van der Waals surface area (Å²) in [5.74, 6) is 0. The van der Waals surface area contributed by atoms with E-state index >= 15 is 0 Å². The molecule has 0 aromatic heterocycles. The van der Waals surface area contributed by atoms with E-state index in [1.165, 1.54) is 51.4 Å². The first-order chi connectivity index (χ1) is 13.7. The van der Waals surface area contributed by atoms with Gasteiger partial charge in [0.25, 0.3) is 0 Å². The second-order valence-corrected chi connectivity index (χ2v) is 10.3. The van der Waals surface area contributed by atoms with Gasteiger partial charge in [-0.25, -0.2) is 0 Å². The summed E-state index contributed by atoms with van der Waals surface area (Å²) in [7, 11) is 0. The van der Waals surface area contributed by atoms with Gasteiger partial charge in [-0.2, -0.15) is 0 Å². The summed E-state index contributed by atoms with van der Waals surface area (Å²) in [5, 5.41) is 14.2. The van der Waals surface area contributed by atoms with Crippen molar-refractivity contribution >= 4 is 0 Å². The molecule has 0 bridgehead atoms. The number of allylic oxidation sites excluding steroid dienone is 4. The van der Waals surface area contributed by atoms with Gasteiger partial charge in [-0.3, -0.25) is 10.0 Å². The van der Waals surface area contributed by atoms with Crippen LogP contribution in [0.3, 0.4) is 0 Å². The van der Waals surface area contributed by atoms with Crippen molar-refractivity contribution in [1.82, 2.24) is 10.0 Å². The molecule has 4 fully saturated rings. The maximum absolute atomic E-state index is 4.82. The van der Waals surface area contributed by atoms with Gasteiger partial charge in [0, 0.05) is 47.8 Å². The minimum Gasteiger partial charge on any atom is -0.275 e. The molecular formula is C24H32N4. The van der Waals surface area contributed by atoms with Gasteiger partial charge in [0.15, 0.2) is 0 Å². The molecule has 6 aliphatic rings. The van der Waals surface area contributed by atoms with Gasteiger partial charge in [0.05, 0.1) is 0 Å². The summed E-state index contributed by atoms with van der Waals surface area (Å²) in [4.78, 5) is 0. The van der Waals surface area contributed by atoms with Gasteiger partial charge >= 0.3 is 0 Å².